The third-order valence-corrected chi connectivity index (χ3v) is 5.65. The van der Waals surface area contributed by atoms with Gasteiger partial charge in [0.2, 0.25) is 0 Å². The first-order chi connectivity index (χ1) is 12.6. The molecule has 2 nitrogen and oxygen atoms in total. The number of aryl methyl sites for hydroxylation is 1. The van der Waals surface area contributed by atoms with Crippen molar-refractivity contribution in [1.82, 2.24) is 0 Å². The number of hydrogen-bond donors (Lipinski definition) is 1. The van der Waals surface area contributed by atoms with Crippen LogP contribution >= 0.6 is 23.2 Å². The van der Waals surface area contributed by atoms with Crippen LogP contribution in [-0.2, 0) is 17.6 Å². The van der Waals surface area contributed by atoms with Crippen molar-refractivity contribution in [3.05, 3.63) is 69.7 Å². The van der Waals surface area contributed by atoms with E-state index in [0.717, 1.165) is 44.1 Å². The molecular weight excluding hydrogens is 367 g/mol. The van der Waals surface area contributed by atoms with Crippen molar-refractivity contribution in [1.29, 1.82) is 0 Å². The summed E-state index contributed by atoms with van der Waals surface area (Å²) in [6.07, 6.45) is 5.53. The summed E-state index contributed by atoms with van der Waals surface area (Å²) in [5.41, 5.74) is 2.36. The van der Waals surface area contributed by atoms with E-state index in [1.165, 1.54) is 5.56 Å². The molecule has 0 radical (unpaired) electrons. The van der Waals surface area contributed by atoms with Gasteiger partial charge in [0.15, 0.2) is 0 Å². The SMILES string of the molecule is OC(CCc1ccccc1)[C@@H]1CCC[C@H]1OCCc1cc(Cl)cc(Cl)c1. The lowest BCUT2D eigenvalue weighted by molar-refractivity contribution is -0.0212. The monoisotopic (exact) mass is 392 g/mol. The number of halogens is 2. The van der Waals surface area contributed by atoms with Crippen molar-refractivity contribution in [3.63, 3.8) is 0 Å². The van der Waals surface area contributed by atoms with Crippen molar-refractivity contribution >= 4 is 23.2 Å². The molecule has 0 spiro atoms. The topological polar surface area (TPSA) is 29.5 Å². The summed E-state index contributed by atoms with van der Waals surface area (Å²) < 4.78 is 6.13. The summed E-state index contributed by atoms with van der Waals surface area (Å²) in [7, 11) is 0. The van der Waals surface area contributed by atoms with Gasteiger partial charge in [-0.3, -0.25) is 0 Å². The van der Waals surface area contributed by atoms with Gasteiger partial charge >= 0.3 is 0 Å². The highest BCUT2D eigenvalue weighted by Crippen LogP contribution is 2.32. The minimum Gasteiger partial charge on any atom is -0.393 e. The quantitative estimate of drug-likeness (QED) is 0.622. The van der Waals surface area contributed by atoms with E-state index in [1.807, 2.05) is 30.3 Å². The third-order valence-electron chi connectivity index (χ3n) is 5.21. The molecule has 0 aliphatic heterocycles. The molecule has 3 atom stereocenters. The lowest BCUT2D eigenvalue weighted by Gasteiger charge is -2.25. The van der Waals surface area contributed by atoms with Crippen LogP contribution in [0.4, 0.5) is 0 Å². The summed E-state index contributed by atoms with van der Waals surface area (Å²) in [5, 5.41) is 12.0. The zero-order valence-corrected chi connectivity index (χ0v) is 16.4. The molecule has 140 valence electrons. The fourth-order valence-corrected chi connectivity index (χ4v) is 4.43. The van der Waals surface area contributed by atoms with Crippen LogP contribution in [0.25, 0.3) is 0 Å². The van der Waals surface area contributed by atoms with Crippen molar-refractivity contribution in [2.75, 3.05) is 6.61 Å². The highest BCUT2D eigenvalue weighted by Gasteiger charge is 2.33. The molecule has 0 heterocycles. The number of rotatable bonds is 8. The van der Waals surface area contributed by atoms with Crippen molar-refractivity contribution in [2.24, 2.45) is 5.92 Å². The van der Waals surface area contributed by atoms with Crippen molar-refractivity contribution in [2.45, 2.75) is 50.7 Å². The van der Waals surface area contributed by atoms with Crippen LogP contribution in [0, 0.1) is 5.92 Å². The van der Waals surface area contributed by atoms with Crippen LogP contribution in [0.3, 0.4) is 0 Å². The highest BCUT2D eigenvalue weighted by atomic mass is 35.5. The van der Waals surface area contributed by atoms with E-state index in [4.69, 9.17) is 27.9 Å². The standard InChI is InChI=1S/C22H26Cl2O2/c23-18-13-17(14-19(24)15-18)11-12-26-22-8-4-7-20(22)21(25)10-9-16-5-2-1-3-6-16/h1-3,5-6,13-15,20-22,25H,4,7-12H2/t20-,21?,22+/m0/s1. The average Bonchev–Trinajstić information content (AvgIpc) is 3.08. The van der Waals surface area contributed by atoms with Gasteiger partial charge in [0.05, 0.1) is 18.8 Å². The molecule has 1 fully saturated rings. The summed E-state index contributed by atoms with van der Waals surface area (Å²) in [6, 6.07) is 15.9. The summed E-state index contributed by atoms with van der Waals surface area (Å²) >= 11 is 12.1. The maximum absolute atomic E-state index is 10.7. The van der Waals surface area contributed by atoms with Gasteiger partial charge in [-0.15, -0.1) is 0 Å². The first-order valence-electron chi connectivity index (χ1n) is 9.40. The molecule has 0 aromatic heterocycles. The predicted octanol–water partition coefficient (Wildman–Crippen LogP) is 5.71. The molecule has 0 amide bonds. The molecule has 26 heavy (non-hydrogen) atoms. The molecule has 4 heteroatoms. The Bertz CT molecular complexity index is 670. The van der Waals surface area contributed by atoms with E-state index in [2.05, 4.69) is 12.1 Å². The second-order valence-electron chi connectivity index (χ2n) is 7.12. The zero-order chi connectivity index (χ0) is 18.4. The number of benzene rings is 2. The molecule has 2 aromatic carbocycles. The predicted molar refractivity (Wildman–Crippen MR) is 108 cm³/mol. The van der Waals surface area contributed by atoms with Crippen LogP contribution in [0.2, 0.25) is 10.0 Å². The Kier molecular flexibility index (Phi) is 7.39. The number of ether oxygens (including phenoxy) is 1. The largest absolute Gasteiger partial charge is 0.393 e. The van der Waals surface area contributed by atoms with Gasteiger partial charge in [0, 0.05) is 16.0 Å². The average molecular weight is 393 g/mol. The molecule has 3 rings (SSSR count). The number of aliphatic hydroxyl groups excluding tert-OH is 1. The minimum atomic E-state index is -0.302. The van der Waals surface area contributed by atoms with Gasteiger partial charge in [-0.25, -0.2) is 0 Å². The lowest BCUT2D eigenvalue weighted by atomic mass is 9.93. The molecule has 1 aliphatic rings. The normalized spacial score (nSPS) is 21.0. The van der Waals surface area contributed by atoms with Crippen molar-refractivity contribution < 1.29 is 9.84 Å². The van der Waals surface area contributed by atoms with E-state index in [-0.39, 0.29) is 18.1 Å². The van der Waals surface area contributed by atoms with E-state index in [9.17, 15) is 5.11 Å². The fourth-order valence-electron chi connectivity index (χ4n) is 3.86. The molecule has 1 N–H and O–H groups in total. The second kappa shape index (κ2) is 9.75. The Morgan fingerprint density at radius 1 is 0.962 bits per heavy atom. The van der Waals surface area contributed by atoms with Gasteiger partial charge in [-0.05, 0) is 61.4 Å². The second-order valence-corrected chi connectivity index (χ2v) is 8.00. The van der Waals surface area contributed by atoms with Crippen molar-refractivity contribution in [3.8, 4) is 0 Å². The lowest BCUT2D eigenvalue weighted by Crippen LogP contribution is -2.30. The first kappa shape index (κ1) is 19.7. The van der Waals surface area contributed by atoms with Gasteiger partial charge in [-0.1, -0.05) is 60.0 Å². The first-order valence-corrected chi connectivity index (χ1v) is 10.2. The van der Waals surface area contributed by atoms with Crippen LogP contribution in [0.15, 0.2) is 48.5 Å². The van der Waals surface area contributed by atoms with Gasteiger partial charge in [0.25, 0.3) is 0 Å². The van der Waals surface area contributed by atoms with Gasteiger partial charge in [0.1, 0.15) is 0 Å². The molecule has 0 bridgehead atoms. The van der Waals surface area contributed by atoms with Crippen LogP contribution in [0.5, 0.6) is 0 Å². The Balaban J connectivity index is 1.46. The fraction of sp³-hybridized carbons (Fsp3) is 0.455. The molecule has 0 saturated heterocycles. The van der Waals surface area contributed by atoms with Crippen LogP contribution < -0.4 is 0 Å². The van der Waals surface area contributed by atoms with E-state index in [0.29, 0.717) is 16.7 Å². The maximum atomic E-state index is 10.7. The molecule has 1 aliphatic carbocycles. The molecular formula is C22H26Cl2O2. The Morgan fingerprint density at radius 2 is 1.69 bits per heavy atom. The minimum absolute atomic E-state index is 0.149. The maximum Gasteiger partial charge on any atom is 0.0628 e. The molecule has 2 aromatic rings. The number of aliphatic hydroxyl groups is 1. The zero-order valence-electron chi connectivity index (χ0n) is 14.9. The van der Waals surface area contributed by atoms with Crippen LogP contribution in [0.1, 0.15) is 36.8 Å². The smallest absolute Gasteiger partial charge is 0.0628 e. The van der Waals surface area contributed by atoms with Crippen LogP contribution in [-0.4, -0.2) is 23.9 Å². The van der Waals surface area contributed by atoms with E-state index < -0.39 is 0 Å². The van der Waals surface area contributed by atoms with E-state index >= 15 is 0 Å². The number of hydrogen-bond acceptors (Lipinski definition) is 2. The third kappa shape index (κ3) is 5.72. The summed E-state index contributed by atoms with van der Waals surface area (Å²) in [5.74, 6) is 0.238. The van der Waals surface area contributed by atoms with Gasteiger partial charge in [-0.2, -0.15) is 0 Å². The molecule has 1 saturated carbocycles. The van der Waals surface area contributed by atoms with Gasteiger partial charge < -0.3 is 9.84 Å². The Labute approximate surface area is 166 Å². The summed E-state index contributed by atoms with van der Waals surface area (Å²) in [6.45, 7) is 0.628. The van der Waals surface area contributed by atoms with E-state index in [1.54, 1.807) is 6.07 Å². The Hall–Kier alpha value is -1.06. The summed E-state index contributed by atoms with van der Waals surface area (Å²) in [4.78, 5) is 0. The highest BCUT2D eigenvalue weighted by molar-refractivity contribution is 6.34. The Morgan fingerprint density at radius 3 is 2.42 bits per heavy atom. The molecule has 1 unspecified atom stereocenters.